The first-order valence-electron chi connectivity index (χ1n) is 7.87. The van der Waals surface area contributed by atoms with Crippen LogP contribution in [0.15, 0.2) is 76.8 Å². The Bertz CT molecular complexity index is 905. The van der Waals surface area contributed by atoms with Gasteiger partial charge in [0.1, 0.15) is 0 Å². The van der Waals surface area contributed by atoms with Gasteiger partial charge in [0.15, 0.2) is 12.2 Å². The van der Waals surface area contributed by atoms with Crippen molar-refractivity contribution in [1.29, 1.82) is 0 Å². The lowest BCUT2D eigenvalue weighted by molar-refractivity contribution is -0.125. The SMILES string of the molecule is O=C(Nc1cccc(-c2cnco2)c1)C1CC(c2ccccc2)=NO1. The van der Waals surface area contributed by atoms with E-state index in [1.54, 1.807) is 6.20 Å². The van der Waals surface area contributed by atoms with E-state index >= 15 is 0 Å². The molecular weight excluding hydrogens is 318 g/mol. The van der Waals surface area contributed by atoms with Crippen LogP contribution in [0, 0.1) is 0 Å². The summed E-state index contributed by atoms with van der Waals surface area (Å²) in [5, 5.41) is 6.90. The van der Waals surface area contributed by atoms with Gasteiger partial charge in [-0.3, -0.25) is 4.79 Å². The van der Waals surface area contributed by atoms with Crippen LogP contribution >= 0.6 is 0 Å². The maximum absolute atomic E-state index is 12.4. The number of amides is 1. The fraction of sp³-hybridized carbons (Fsp3) is 0.105. The summed E-state index contributed by atoms with van der Waals surface area (Å²) in [5.74, 6) is 0.410. The molecule has 6 nitrogen and oxygen atoms in total. The number of benzene rings is 2. The smallest absolute Gasteiger partial charge is 0.268 e. The third kappa shape index (κ3) is 3.28. The molecule has 1 aliphatic rings. The zero-order valence-corrected chi connectivity index (χ0v) is 13.3. The van der Waals surface area contributed by atoms with Gasteiger partial charge in [-0.05, 0) is 17.7 Å². The summed E-state index contributed by atoms with van der Waals surface area (Å²) in [6.07, 6.45) is 2.80. The van der Waals surface area contributed by atoms with Crippen molar-refractivity contribution in [3.05, 3.63) is 72.8 Å². The summed E-state index contributed by atoms with van der Waals surface area (Å²) in [6, 6.07) is 17.1. The zero-order valence-electron chi connectivity index (χ0n) is 13.3. The Morgan fingerprint density at radius 3 is 2.72 bits per heavy atom. The van der Waals surface area contributed by atoms with E-state index in [2.05, 4.69) is 15.5 Å². The fourth-order valence-corrected chi connectivity index (χ4v) is 2.65. The van der Waals surface area contributed by atoms with Gasteiger partial charge in [0.2, 0.25) is 6.10 Å². The quantitative estimate of drug-likeness (QED) is 0.793. The Kier molecular flexibility index (Phi) is 4.00. The maximum Gasteiger partial charge on any atom is 0.268 e. The van der Waals surface area contributed by atoms with Crippen LogP contribution in [0.2, 0.25) is 0 Å². The number of oxazole rings is 1. The van der Waals surface area contributed by atoms with Gasteiger partial charge in [-0.1, -0.05) is 47.6 Å². The van der Waals surface area contributed by atoms with Gasteiger partial charge >= 0.3 is 0 Å². The van der Waals surface area contributed by atoms with Crippen LogP contribution in [0.5, 0.6) is 0 Å². The molecule has 2 heterocycles. The molecule has 6 heteroatoms. The molecule has 0 fully saturated rings. The predicted octanol–water partition coefficient (Wildman–Crippen LogP) is 3.47. The fourth-order valence-electron chi connectivity index (χ4n) is 2.65. The van der Waals surface area contributed by atoms with E-state index in [1.165, 1.54) is 6.39 Å². The summed E-state index contributed by atoms with van der Waals surface area (Å²) < 4.78 is 5.28. The average Bonchev–Trinajstić information content (AvgIpc) is 3.35. The number of carbonyl (C=O) groups is 1. The standard InChI is InChI=1S/C19H15N3O3/c23-19(17-10-16(22-25-17)13-5-2-1-3-6-13)21-15-8-4-7-14(9-15)18-11-20-12-24-18/h1-9,11-12,17H,10H2,(H,21,23). The number of hydrogen-bond acceptors (Lipinski definition) is 5. The second kappa shape index (κ2) is 6.60. The van der Waals surface area contributed by atoms with Gasteiger partial charge in [-0.15, -0.1) is 0 Å². The number of carbonyl (C=O) groups excluding carboxylic acids is 1. The van der Waals surface area contributed by atoms with Crippen LogP contribution in [0.1, 0.15) is 12.0 Å². The van der Waals surface area contributed by atoms with E-state index in [1.807, 2.05) is 54.6 Å². The van der Waals surface area contributed by atoms with Crippen molar-refractivity contribution in [3.63, 3.8) is 0 Å². The highest BCUT2D eigenvalue weighted by atomic mass is 16.6. The summed E-state index contributed by atoms with van der Waals surface area (Å²) in [7, 11) is 0. The van der Waals surface area contributed by atoms with Crippen LogP contribution in [0.3, 0.4) is 0 Å². The topological polar surface area (TPSA) is 76.7 Å². The van der Waals surface area contributed by atoms with Gasteiger partial charge in [-0.25, -0.2) is 4.98 Å². The van der Waals surface area contributed by atoms with Gasteiger partial charge in [0, 0.05) is 17.7 Å². The van der Waals surface area contributed by atoms with Crippen molar-refractivity contribution in [2.24, 2.45) is 5.16 Å². The lowest BCUT2D eigenvalue weighted by atomic mass is 10.0. The first-order chi connectivity index (χ1) is 12.3. The van der Waals surface area contributed by atoms with Crippen LogP contribution in [0.4, 0.5) is 5.69 Å². The molecule has 1 unspecified atom stereocenters. The van der Waals surface area contributed by atoms with Crippen molar-refractivity contribution in [3.8, 4) is 11.3 Å². The van der Waals surface area contributed by atoms with Crippen molar-refractivity contribution < 1.29 is 14.0 Å². The molecule has 3 aromatic rings. The van der Waals surface area contributed by atoms with Crippen molar-refractivity contribution in [2.75, 3.05) is 5.32 Å². The van der Waals surface area contributed by atoms with Crippen molar-refractivity contribution in [2.45, 2.75) is 12.5 Å². The van der Waals surface area contributed by atoms with Crippen LogP contribution in [0.25, 0.3) is 11.3 Å². The normalized spacial score (nSPS) is 16.2. The minimum Gasteiger partial charge on any atom is -0.444 e. The van der Waals surface area contributed by atoms with Crippen LogP contribution in [-0.4, -0.2) is 22.7 Å². The third-order valence-electron chi connectivity index (χ3n) is 3.92. The first-order valence-corrected chi connectivity index (χ1v) is 7.87. The molecule has 1 amide bonds. The van der Waals surface area contributed by atoms with E-state index < -0.39 is 6.10 Å². The lowest BCUT2D eigenvalue weighted by Crippen LogP contribution is -2.28. The molecule has 124 valence electrons. The molecule has 1 N–H and O–H groups in total. The van der Waals surface area contributed by atoms with E-state index in [0.717, 1.165) is 16.8 Å². The monoisotopic (exact) mass is 333 g/mol. The minimum atomic E-state index is -0.635. The maximum atomic E-state index is 12.4. The molecule has 0 saturated heterocycles. The number of anilines is 1. The molecule has 2 aromatic carbocycles. The Morgan fingerprint density at radius 1 is 1.08 bits per heavy atom. The molecule has 1 atom stereocenters. The van der Waals surface area contributed by atoms with E-state index in [4.69, 9.17) is 9.25 Å². The number of nitrogens with zero attached hydrogens (tertiary/aromatic N) is 2. The minimum absolute atomic E-state index is 0.232. The molecule has 0 radical (unpaired) electrons. The van der Waals surface area contributed by atoms with Crippen molar-refractivity contribution >= 4 is 17.3 Å². The predicted molar refractivity (Wildman–Crippen MR) is 93.0 cm³/mol. The number of rotatable bonds is 4. The second-order valence-corrected chi connectivity index (χ2v) is 5.64. The number of hydrogen-bond donors (Lipinski definition) is 1. The summed E-state index contributed by atoms with van der Waals surface area (Å²) in [6.45, 7) is 0. The Labute approximate surface area is 144 Å². The Morgan fingerprint density at radius 2 is 1.92 bits per heavy atom. The highest BCUT2D eigenvalue weighted by Crippen LogP contribution is 2.23. The molecule has 0 saturated carbocycles. The molecule has 4 rings (SSSR count). The number of aromatic nitrogens is 1. The van der Waals surface area contributed by atoms with Gasteiger partial charge in [-0.2, -0.15) is 0 Å². The summed E-state index contributed by atoms with van der Waals surface area (Å²) in [5.41, 5.74) is 3.24. The van der Waals surface area contributed by atoms with E-state index in [0.29, 0.717) is 17.9 Å². The second-order valence-electron chi connectivity index (χ2n) is 5.64. The van der Waals surface area contributed by atoms with E-state index in [-0.39, 0.29) is 5.91 Å². The summed E-state index contributed by atoms with van der Waals surface area (Å²) >= 11 is 0. The largest absolute Gasteiger partial charge is 0.444 e. The first kappa shape index (κ1) is 15.1. The van der Waals surface area contributed by atoms with Gasteiger partial charge in [0.05, 0.1) is 11.9 Å². The average molecular weight is 333 g/mol. The van der Waals surface area contributed by atoms with Gasteiger partial charge < -0.3 is 14.6 Å². The molecule has 25 heavy (non-hydrogen) atoms. The molecule has 1 aliphatic heterocycles. The lowest BCUT2D eigenvalue weighted by Gasteiger charge is -2.10. The highest BCUT2D eigenvalue weighted by Gasteiger charge is 2.28. The molecule has 0 bridgehead atoms. The van der Waals surface area contributed by atoms with Crippen molar-refractivity contribution in [1.82, 2.24) is 4.98 Å². The zero-order chi connectivity index (χ0) is 17.1. The Hall–Kier alpha value is -3.41. The molecule has 0 spiro atoms. The third-order valence-corrected chi connectivity index (χ3v) is 3.92. The van der Waals surface area contributed by atoms with Crippen LogP contribution in [-0.2, 0) is 9.63 Å². The van der Waals surface area contributed by atoms with Gasteiger partial charge in [0.25, 0.3) is 5.91 Å². The van der Waals surface area contributed by atoms with Crippen LogP contribution < -0.4 is 5.32 Å². The molecule has 0 aliphatic carbocycles. The van der Waals surface area contributed by atoms with E-state index in [9.17, 15) is 4.79 Å². The molecule has 1 aromatic heterocycles. The number of nitrogens with one attached hydrogen (secondary N) is 1. The molecular formula is C19H15N3O3. The summed E-state index contributed by atoms with van der Waals surface area (Å²) in [4.78, 5) is 21.6. The highest BCUT2D eigenvalue weighted by molar-refractivity contribution is 6.06. The number of oxime groups is 1. The Balaban J connectivity index is 1.43.